The van der Waals surface area contributed by atoms with Gasteiger partial charge in [0.05, 0.1) is 6.54 Å². The Balaban J connectivity index is 2.34. The molecule has 1 rings (SSSR count). The van der Waals surface area contributed by atoms with Gasteiger partial charge in [-0.2, -0.15) is 0 Å². The molecule has 0 aliphatic rings. The van der Waals surface area contributed by atoms with Gasteiger partial charge in [-0.1, -0.05) is 30.3 Å². The molecule has 0 spiro atoms. The normalized spacial score (nSPS) is 11.8. The molecule has 0 aromatic heterocycles. The molecule has 3 nitrogen and oxygen atoms in total. The molecule has 0 fully saturated rings. The first kappa shape index (κ1) is 15.7. The molecular formula is C16H25NO2. The summed E-state index contributed by atoms with van der Waals surface area (Å²) in [5, 5.41) is 8.94. The van der Waals surface area contributed by atoms with E-state index in [9.17, 15) is 4.79 Å². The fourth-order valence-corrected chi connectivity index (χ4v) is 2.09. The molecule has 19 heavy (non-hydrogen) atoms. The number of aliphatic carboxylic acids is 1. The van der Waals surface area contributed by atoms with Gasteiger partial charge < -0.3 is 5.11 Å². The van der Waals surface area contributed by atoms with E-state index in [1.807, 2.05) is 11.0 Å². The maximum absolute atomic E-state index is 10.9. The van der Waals surface area contributed by atoms with E-state index >= 15 is 0 Å². The first-order valence-corrected chi connectivity index (χ1v) is 6.90. The van der Waals surface area contributed by atoms with Crippen molar-refractivity contribution in [2.45, 2.75) is 45.6 Å². The van der Waals surface area contributed by atoms with Crippen molar-refractivity contribution in [3.63, 3.8) is 0 Å². The second-order valence-corrected chi connectivity index (χ2v) is 5.93. The van der Waals surface area contributed by atoms with E-state index in [4.69, 9.17) is 5.11 Å². The summed E-state index contributed by atoms with van der Waals surface area (Å²) in [6.45, 7) is 7.14. The van der Waals surface area contributed by atoms with Gasteiger partial charge in [-0.3, -0.25) is 9.69 Å². The fraction of sp³-hybridized carbons (Fsp3) is 0.562. The summed E-state index contributed by atoms with van der Waals surface area (Å²) in [6.07, 6.45) is 3.18. The Morgan fingerprint density at radius 2 is 1.79 bits per heavy atom. The molecule has 0 radical (unpaired) electrons. The average Bonchev–Trinajstić information content (AvgIpc) is 2.32. The first-order chi connectivity index (χ1) is 8.89. The van der Waals surface area contributed by atoms with Crippen molar-refractivity contribution < 1.29 is 9.90 Å². The number of hydrogen-bond acceptors (Lipinski definition) is 2. The maximum atomic E-state index is 10.9. The molecule has 0 saturated carbocycles. The summed E-state index contributed by atoms with van der Waals surface area (Å²) in [7, 11) is 0. The van der Waals surface area contributed by atoms with Gasteiger partial charge in [0.1, 0.15) is 0 Å². The second-order valence-electron chi connectivity index (χ2n) is 5.93. The van der Waals surface area contributed by atoms with Crippen molar-refractivity contribution in [1.29, 1.82) is 0 Å². The molecule has 1 N–H and O–H groups in total. The lowest BCUT2D eigenvalue weighted by Gasteiger charge is -2.34. The minimum absolute atomic E-state index is 0.0921. The highest BCUT2D eigenvalue weighted by Gasteiger charge is 2.22. The summed E-state index contributed by atoms with van der Waals surface area (Å²) < 4.78 is 0. The van der Waals surface area contributed by atoms with E-state index in [0.29, 0.717) is 0 Å². The van der Waals surface area contributed by atoms with Crippen LogP contribution in [0.15, 0.2) is 30.3 Å². The molecule has 106 valence electrons. The maximum Gasteiger partial charge on any atom is 0.317 e. The minimum Gasteiger partial charge on any atom is -0.480 e. The summed E-state index contributed by atoms with van der Waals surface area (Å²) in [6, 6.07) is 10.4. The van der Waals surface area contributed by atoms with Crippen LogP contribution in [0.4, 0.5) is 0 Å². The van der Waals surface area contributed by atoms with E-state index in [2.05, 4.69) is 45.0 Å². The molecule has 0 aliphatic carbocycles. The third kappa shape index (κ3) is 6.39. The fourth-order valence-electron chi connectivity index (χ4n) is 2.09. The zero-order valence-corrected chi connectivity index (χ0v) is 12.2. The molecule has 0 aliphatic heterocycles. The standard InChI is InChI=1S/C16H25NO2/c1-16(2,3)17(13-15(18)19)12-8-7-11-14-9-5-4-6-10-14/h4-6,9-10H,7-8,11-13H2,1-3H3,(H,18,19). The van der Waals surface area contributed by atoms with Crippen LogP contribution >= 0.6 is 0 Å². The van der Waals surface area contributed by atoms with Crippen LogP contribution in [0.5, 0.6) is 0 Å². The molecule has 0 bridgehead atoms. The number of unbranched alkanes of at least 4 members (excludes halogenated alkanes) is 1. The number of carboxylic acids is 1. The van der Waals surface area contributed by atoms with Crippen LogP contribution in [0, 0.1) is 0 Å². The first-order valence-electron chi connectivity index (χ1n) is 6.90. The summed E-state index contributed by atoms with van der Waals surface area (Å²) >= 11 is 0. The molecule has 0 unspecified atom stereocenters. The van der Waals surface area contributed by atoms with Crippen molar-refractivity contribution in [2.24, 2.45) is 0 Å². The third-order valence-corrected chi connectivity index (χ3v) is 3.26. The van der Waals surface area contributed by atoms with Gasteiger partial charge in [-0.25, -0.2) is 0 Å². The molecule has 0 heterocycles. The van der Waals surface area contributed by atoms with Crippen LogP contribution in [0.1, 0.15) is 39.2 Å². The predicted molar refractivity (Wildman–Crippen MR) is 78.3 cm³/mol. The molecule has 1 aromatic carbocycles. The van der Waals surface area contributed by atoms with Gasteiger partial charge in [-0.05, 0) is 52.1 Å². The van der Waals surface area contributed by atoms with Crippen LogP contribution in [0.25, 0.3) is 0 Å². The monoisotopic (exact) mass is 263 g/mol. The van der Waals surface area contributed by atoms with Crippen molar-refractivity contribution in [3.8, 4) is 0 Å². The molecule has 3 heteroatoms. The minimum atomic E-state index is -0.752. The van der Waals surface area contributed by atoms with E-state index in [1.165, 1.54) is 5.56 Å². The highest BCUT2D eigenvalue weighted by molar-refractivity contribution is 5.69. The zero-order valence-electron chi connectivity index (χ0n) is 12.2. The number of benzene rings is 1. The van der Waals surface area contributed by atoms with Gasteiger partial charge in [0, 0.05) is 5.54 Å². The molecule has 1 aromatic rings. The van der Waals surface area contributed by atoms with Crippen molar-refractivity contribution in [3.05, 3.63) is 35.9 Å². The highest BCUT2D eigenvalue weighted by Crippen LogP contribution is 2.14. The number of rotatable bonds is 7. The summed E-state index contributed by atoms with van der Waals surface area (Å²) in [4.78, 5) is 12.9. The lowest BCUT2D eigenvalue weighted by Crippen LogP contribution is -2.44. The summed E-state index contributed by atoms with van der Waals surface area (Å²) in [5.74, 6) is -0.752. The largest absolute Gasteiger partial charge is 0.480 e. The number of aryl methyl sites for hydroxylation is 1. The quantitative estimate of drug-likeness (QED) is 0.768. The van der Waals surface area contributed by atoms with Crippen molar-refractivity contribution in [2.75, 3.05) is 13.1 Å². The van der Waals surface area contributed by atoms with Crippen molar-refractivity contribution in [1.82, 2.24) is 4.90 Å². The van der Waals surface area contributed by atoms with Gasteiger partial charge in [-0.15, -0.1) is 0 Å². The van der Waals surface area contributed by atoms with E-state index in [1.54, 1.807) is 0 Å². The lowest BCUT2D eigenvalue weighted by molar-refractivity contribution is -0.139. The number of carbonyl (C=O) groups is 1. The van der Waals surface area contributed by atoms with Crippen molar-refractivity contribution >= 4 is 5.97 Å². The number of nitrogens with zero attached hydrogens (tertiary/aromatic N) is 1. The smallest absolute Gasteiger partial charge is 0.317 e. The SMILES string of the molecule is CC(C)(C)N(CCCCc1ccccc1)CC(=O)O. The number of hydrogen-bond donors (Lipinski definition) is 1. The molecule has 0 saturated heterocycles. The van der Waals surface area contributed by atoms with Crippen LogP contribution in [-0.4, -0.2) is 34.6 Å². The summed E-state index contributed by atoms with van der Waals surface area (Å²) in [5.41, 5.74) is 1.26. The Bertz CT molecular complexity index is 381. The zero-order chi connectivity index (χ0) is 14.3. The van der Waals surface area contributed by atoms with Crippen LogP contribution in [0.2, 0.25) is 0 Å². The Morgan fingerprint density at radius 1 is 1.16 bits per heavy atom. The van der Waals surface area contributed by atoms with Crippen LogP contribution in [0.3, 0.4) is 0 Å². The average molecular weight is 263 g/mol. The van der Waals surface area contributed by atoms with Gasteiger partial charge in [0.15, 0.2) is 0 Å². The third-order valence-electron chi connectivity index (χ3n) is 3.26. The topological polar surface area (TPSA) is 40.5 Å². The Morgan fingerprint density at radius 3 is 2.32 bits per heavy atom. The lowest BCUT2D eigenvalue weighted by atomic mass is 10.0. The van der Waals surface area contributed by atoms with Gasteiger partial charge in [0.2, 0.25) is 0 Å². The van der Waals surface area contributed by atoms with Gasteiger partial charge in [0.25, 0.3) is 0 Å². The van der Waals surface area contributed by atoms with Crippen LogP contribution < -0.4 is 0 Å². The van der Waals surface area contributed by atoms with Crippen LogP contribution in [-0.2, 0) is 11.2 Å². The van der Waals surface area contributed by atoms with E-state index in [-0.39, 0.29) is 12.1 Å². The second kappa shape index (κ2) is 7.29. The van der Waals surface area contributed by atoms with E-state index in [0.717, 1.165) is 25.8 Å². The Hall–Kier alpha value is -1.35. The molecule has 0 amide bonds. The molecular weight excluding hydrogens is 238 g/mol. The molecule has 0 atom stereocenters. The van der Waals surface area contributed by atoms with Gasteiger partial charge >= 0.3 is 5.97 Å². The Labute approximate surface area is 116 Å². The Kier molecular flexibility index (Phi) is 6.03. The highest BCUT2D eigenvalue weighted by atomic mass is 16.4. The number of carboxylic acid groups (broad SMARTS) is 1. The predicted octanol–water partition coefficient (Wildman–Crippen LogP) is 3.19. The van der Waals surface area contributed by atoms with E-state index < -0.39 is 5.97 Å².